The van der Waals surface area contributed by atoms with Gasteiger partial charge >= 0.3 is 0 Å². The molecule has 8 N–H and O–H groups in total. The van der Waals surface area contributed by atoms with Gasteiger partial charge in [0.2, 0.25) is 0 Å². The van der Waals surface area contributed by atoms with Crippen molar-refractivity contribution in [1.29, 1.82) is 0 Å². The first-order valence-corrected chi connectivity index (χ1v) is 14.0. The summed E-state index contributed by atoms with van der Waals surface area (Å²) in [4.78, 5) is 0. The molecule has 40 heavy (non-hydrogen) atoms. The molecule has 0 heterocycles. The lowest BCUT2D eigenvalue weighted by Crippen LogP contribution is -1.98. The van der Waals surface area contributed by atoms with Gasteiger partial charge in [-0.1, -0.05) is 31.1 Å². The predicted molar refractivity (Wildman–Crippen MR) is 179 cm³/mol. The molecule has 0 amide bonds. The van der Waals surface area contributed by atoms with Crippen LogP contribution in [0.2, 0.25) is 0 Å². The molecule has 0 bridgehead atoms. The molecule has 12 heteroatoms. The fraction of sp³-hybridized carbons (Fsp3) is 0.571. The van der Waals surface area contributed by atoms with Crippen LogP contribution in [0.3, 0.4) is 0 Å². The highest BCUT2D eigenvalue weighted by atomic mass is 32.1. The molecule has 0 radical (unpaired) electrons. The zero-order chi connectivity index (χ0) is 33.1. The maximum Gasteiger partial charge on any atom is 0.122 e. The minimum atomic E-state index is -0.252. The average molecular weight is 641 g/mol. The summed E-state index contributed by atoms with van der Waals surface area (Å²) >= 11 is 15.3. The van der Waals surface area contributed by atoms with Gasteiger partial charge in [-0.2, -0.15) is 50.5 Å². The van der Waals surface area contributed by atoms with Gasteiger partial charge in [-0.15, -0.1) is 6.42 Å². The molecule has 0 saturated carbocycles. The monoisotopic (exact) mass is 640 g/mol. The second-order valence-corrected chi connectivity index (χ2v) is 7.33. The third kappa shape index (κ3) is 228. The van der Waals surface area contributed by atoms with Crippen LogP contribution in [0.5, 0.6) is 0 Å². The molecule has 8 nitrogen and oxygen atoms in total. The molecule has 0 spiro atoms. The van der Waals surface area contributed by atoms with Crippen molar-refractivity contribution in [3.63, 3.8) is 0 Å². The Hall–Kier alpha value is -2.20. The Morgan fingerprint density at radius 2 is 0.950 bits per heavy atom. The third-order valence-electron chi connectivity index (χ3n) is 2.22. The Kier molecular flexibility index (Phi) is 131. The van der Waals surface area contributed by atoms with E-state index in [4.69, 9.17) is 47.3 Å². The van der Waals surface area contributed by atoms with Gasteiger partial charge in [0, 0.05) is 50.4 Å². The quantitative estimate of drug-likeness (QED) is 0.104. The Balaban J connectivity index is -0.0000000498. The van der Waals surface area contributed by atoms with Crippen molar-refractivity contribution in [1.82, 2.24) is 0 Å². The lowest BCUT2D eigenvalue weighted by Gasteiger charge is -1.93. The minimum Gasteiger partial charge on any atom is -0.462 e. The van der Waals surface area contributed by atoms with Crippen LogP contribution in [0.25, 0.3) is 0 Å². The third-order valence-corrected chi connectivity index (χ3v) is 3.58. The summed E-state index contributed by atoms with van der Waals surface area (Å²) in [5.74, 6) is 15.8. The summed E-state index contributed by atoms with van der Waals surface area (Å²) < 4.78 is 0. The largest absolute Gasteiger partial charge is 0.462 e. The molecule has 0 aromatic carbocycles. The summed E-state index contributed by atoms with van der Waals surface area (Å²) in [6.45, 7) is 5.63. The number of unbranched alkanes of at least 4 members (excludes halogenated alkanes) is 3. The molecule has 0 saturated heterocycles. The molecule has 0 rings (SSSR count). The van der Waals surface area contributed by atoms with E-state index >= 15 is 0 Å². The van der Waals surface area contributed by atoms with Gasteiger partial charge in [0.1, 0.15) is 24.4 Å². The SMILES string of the molecule is C#CC#CC#CO.C#CO.CC#CO.CC#CO.CC(O)CS.OCCCCCCS.OCCCS.OCCS. The van der Waals surface area contributed by atoms with Gasteiger partial charge in [-0.25, -0.2) is 0 Å². The highest BCUT2D eigenvalue weighted by Gasteiger charge is 1.84. The molecule has 0 aliphatic heterocycles. The van der Waals surface area contributed by atoms with E-state index in [9.17, 15) is 0 Å². The molecule has 0 aliphatic carbocycles. The van der Waals surface area contributed by atoms with Crippen LogP contribution in [0, 0.1) is 72.8 Å². The fourth-order valence-corrected chi connectivity index (χ4v) is 1.11. The van der Waals surface area contributed by atoms with Crippen LogP contribution >= 0.6 is 50.5 Å². The standard InChI is InChI=1S/C6H14OS.C6H2O.2C3H8OS.2C3H4O.C2H6OS.C2H2O/c7-5-3-1-2-4-6-8;1-2-3-4-5-6-7;1-3(4)2-5;4-2-1-3-5;2*1-2-3-4;3-1-2-4;1-2-3/h7-8H,1-6H2;1,7H;3-5H,2H2,1H3;4-5H,1-3H2;2*4H,1H3;3-4H,1-2H2;1,3H. The van der Waals surface area contributed by atoms with Crippen LogP contribution in [0.4, 0.5) is 0 Å². The first-order valence-electron chi connectivity index (χ1n) is 11.4. The smallest absolute Gasteiger partial charge is 0.122 e. The summed E-state index contributed by atoms with van der Waals surface area (Å²) in [5.41, 5.74) is 0. The zero-order valence-electron chi connectivity index (χ0n) is 23.6. The number of hydrogen-bond donors (Lipinski definition) is 12. The fourth-order valence-electron chi connectivity index (χ4n) is 0.743. The highest BCUT2D eigenvalue weighted by Crippen LogP contribution is 1.98. The summed E-state index contributed by atoms with van der Waals surface area (Å²) in [5, 5.41) is 62.3. The van der Waals surface area contributed by atoms with Crippen molar-refractivity contribution in [3.8, 4) is 72.8 Å². The first kappa shape index (κ1) is 57.6. The Morgan fingerprint density at radius 3 is 1.12 bits per heavy atom. The molecule has 0 aliphatic rings. The molecular formula is C28H48O8S4. The molecule has 1 unspecified atom stereocenters. The Morgan fingerprint density at radius 1 is 0.600 bits per heavy atom. The number of aliphatic hydroxyl groups is 8. The molecule has 0 aromatic rings. The molecular weight excluding hydrogens is 593 g/mol. The highest BCUT2D eigenvalue weighted by molar-refractivity contribution is 7.80. The Labute approximate surface area is 265 Å². The van der Waals surface area contributed by atoms with E-state index in [0.717, 1.165) is 30.8 Å². The summed E-state index contributed by atoms with van der Waals surface area (Å²) in [6, 6.07) is 0. The summed E-state index contributed by atoms with van der Waals surface area (Å²) in [6.07, 6.45) is 20.1. The minimum absolute atomic E-state index is 0.184. The van der Waals surface area contributed by atoms with Gasteiger partial charge in [0.15, 0.2) is 0 Å². The van der Waals surface area contributed by atoms with E-state index in [-0.39, 0.29) is 19.3 Å². The van der Waals surface area contributed by atoms with Crippen LogP contribution < -0.4 is 0 Å². The van der Waals surface area contributed by atoms with Crippen molar-refractivity contribution in [2.24, 2.45) is 0 Å². The molecule has 1 atom stereocenters. The topological polar surface area (TPSA) is 162 Å². The van der Waals surface area contributed by atoms with Crippen molar-refractivity contribution in [2.75, 3.05) is 42.8 Å². The van der Waals surface area contributed by atoms with Crippen molar-refractivity contribution in [2.45, 2.75) is 59.0 Å². The lowest BCUT2D eigenvalue weighted by molar-refractivity contribution is 0.221. The maximum absolute atomic E-state index is 8.35. The van der Waals surface area contributed by atoms with Gasteiger partial charge in [-0.05, 0) is 49.5 Å². The Bertz CT molecular complexity index is 681. The van der Waals surface area contributed by atoms with E-state index in [0.29, 0.717) is 18.1 Å². The average Bonchev–Trinajstić information content (AvgIpc) is 2.98. The number of rotatable bonds is 9. The molecule has 0 aromatic heterocycles. The van der Waals surface area contributed by atoms with Crippen molar-refractivity contribution < 1.29 is 40.9 Å². The van der Waals surface area contributed by atoms with Crippen molar-refractivity contribution in [3.05, 3.63) is 0 Å². The molecule has 232 valence electrons. The van der Waals surface area contributed by atoms with Gasteiger partial charge < -0.3 is 40.9 Å². The second kappa shape index (κ2) is 90.7. The predicted octanol–water partition coefficient (Wildman–Crippen LogP) is 2.56. The van der Waals surface area contributed by atoms with Gasteiger partial charge in [0.05, 0.1) is 12.7 Å². The number of aliphatic hydroxyl groups excluding tert-OH is 8. The lowest BCUT2D eigenvalue weighted by atomic mass is 10.2. The normalized spacial score (nSPS) is 7.03. The van der Waals surface area contributed by atoms with E-state index in [1.807, 2.05) is 5.92 Å². The summed E-state index contributed by atoms with van der Waals surface area (Å²) in [7, 11) is 0. The first-order chi connectivity index (χ1) is 19.2. The maximum atomic E-state index is 8.35. The van der Waals surface area contributed by atoms with E-state index in [2.05, 4.69) is 86.5 Å². The van der Waals surface area contributed by atoms with Gasteiger partial charge in [-0.3, -0.25) is 0 Å². The van der Waals surface area contributed by atoms with E-state index in [1.165, 1.54) is 18.9 Å². The van der Waals surface area contributed by atoms with Gasteiger partial charge in [0.25, 0.3) is 0 Å². The van der Waals surface area contributed by atoms with Crippen LogP contribution in [0.15, 0.2) is 0 Å². The second-order valence-electron chi connectivity index (χ2n) is 5.62. The van der Waals surface area contributed by atoms with Crippen LogP contribution in [0.1, 0.15) is 52.9 Å². The zero-order valence-corrected chi connectivity index (χ0v) is 27.2. The van der Waals surface area contributed by atoms with E-state index in [1.54, 1.807) is 39.1 Å². The molecule has 0 fully saturated rings. The number of terminal acetylenes is 2. The van der Waals surface area contributed by atoms with Crippen LogP contribution in [-0.4, -0.2) is 89.8 Å². The number of hydrogen-bond acceptors (Lipinski definition) is 12. The van der Waals surface area contributed by atoms with Crippen LogP contribution in [-0.2, 0) is 0 Å². The number of thiol groups is 4. The van der Waals surface area contributed by atoms with Crippen molar-refractivity contribution >= 4 is 50.5 Å². The van der Waals surface area contributed by atoms with E-state index < -0.39 is 0 Å².